The van der Waals surface area contributed by atoms with E-state index < -0.39 is 0 Å². The number of halogens is 1. The molecule has 0 aliphatic heterocycles. The maximum Gasteiger partial charge on any atom is 0.181 e. The molecule has 0 radical (unpaired) electrons. The molecule has 0 saturated heterocycles. The fourth-order valence-corrected chi connectivity index (χ4v) is 0.975. The van der Waals surface area contributed by atoms with Crippen molar-refractivity contribution in [3.05, 3.63) is 23.5 Å². The van der Waals surface area contributed by atoms with Gasteiger partial charge < -0.3 is 5.11 Å². The van der Waals surface area contributed by atoms with E-state index in [0.717, 1.165) is 0 Å². The molecule has 4 heteroatoms. The van der Waals surface area contributed by atoms with Crippen molar-refractivity contribution in [1.82, 2.24) is 4.98 Å². The number of rotatable bonds is 2. The topological polar surface area (TPSA) is 50.2 Å². The van der Waals surface area contributed by atoms with Crippen molar-refractivity contribution in [2.75, 3.05) is 0 Å². The number of aromatic nitrogens is 1. The Balaban J connectivity index is 3.17. The maximum atomic E-state index is 10.9. The van der Waals surface area contributed by atoms with Gasteiger partial charge >= 0.3 is 0 Å². The molecule has 1 rings (SSSR count). The van der Waals surface area contributed by atoms with Crippen molar-refractivity contribution >= 4 is 17.4 Å². The van der Waals surface area contributed by atoms with Crippen LogP contribution < -0.4 is 0 Å². The van der Waals surface area contributed by atoms with Gasteiger partial charge in [0.05, 0.1) is 11.6 Å². The predicted octanol–water partition coefficient (Wildman–Crippen LogP) is 1.73. The molecule has 64 valence electrons. The molecule has 0 aliphatic rings. The number of hydrogen-bond donors (Lipinski definition) is 1. The zero-order valence-electron chi connectivity index (χ0n) is 6.54. The molecular weight excluding hydrogens is 178 g/mol. The molecule has 12 heavy (non-hydrogen) atoms. The average molecular weight is 186 g/mol. The molecule has 0 saturated carbocycles. The number of alkyl halides is 1. The summed E-state index contributed by atoms with van der Waals surface area (Å²) in [5.74, 6) is -0.128. The van der Waals surface area contributed by atoms with E-state index in [0.29, 0.717) is 5.69 Å². The second-order valence-electron chi connectivity index (χ2n) is 2.36. The molecule has 1 heterocycles. The standard InChI is InChI=1S/C8H8ClNO2/c1-5(11)8-7(12)3-2-6(4-9)10-8/h2-3,12H,4H2,1H3. The number of carbonyl (C=O) groups excluding carboxylic acids is 1. The smallest absolute Gasteiger partial charge is 0.181 e. The zero-order valence-corrected chi connectivity index (χ0v) is 7.30. The molecule has 0 amide bonds. The number of Topliss-reactive ketones (excluding diaryl/α,β-unsaturated/α-hetero) is 1. The molecule has 0 aliphatic carbocycles. The van der Waals surface area contributed by atoms with E-state index in [1.54, 1.807) is 6.07 Å². The lowest BCUT2D eigenvalue weighted by atomic mass is 10.2. The van der Waals surface area contributed by atoms with Crippen LogP contribution in [-0.2, 0) is 5.88 Å². The Kier molecular flexibility index (Phi) is 2.65. The molecule has 0 atom stereocenters. The molecule has 1 aromatic heterocycles. The van der Waals surface area contributed by atoms with Gasteiger partial charge in [-0.15, -0.1) is 11.6 Å². The molecule has 0 bridgehead atoms. The Morgan fingerprint density at radius 3 is 2.83 bits per heavy atom. The van der Waals surface area contributed by atoms with Crippen molar-refractivity contribution in [2.45, 2.75) is 12.8 Å². The number of ketones is 1. The highest BCUT2D eigenvalue weighted by molar-refractivity contribution is 6.16. The van der Waals surface area contributed by atoms with Gasteiger partial charge in [0, 0.05) is 6.92 Å². The molecule has 0 fully saturated rings. The third-order valence-electron chi connectivity index (χ3n) is 1.40. The maximum absolute atomic E-state index is 10.9. The number of hydrogen-bond acceptors (Lipinski definition) is 3. The summed E-state index contributed by atoms with van der Waals surface area (Å²) >= 11 is 5.50. The Morgan fingerprint density at radius 2 is 2.33 bits per heavy atom. The van der Waals surface area contributed by atoms with Crippen LogP contribution in [0.2, 0.25) is 0 Å². The summed E-state index contributed by atoms with van der Waals surface area (Å²) in [6.07, 6.45) is 0. The van der Waals surface area contributed by atoms with E-state index in [1.165, 1.54) is 13.0 Å². The van der Waals surface area contributed by atoms with Crippen molar-refractivity contribution in [2.24, 2.45) is 0 Å². The van der Waals surface area contributed by atoms with Gasteiger partial charge in [-0.1, -0.05) is 0 Å². The highest BCUT2D eigenvalue weighted by atomic mass is 35.5. The predicted molar refractivity (Wildman–Crippen MR) is 45.5 cm³/mol. The van der Waals surface area contributed by atoms with Gasteiger partial charge in [0.2, 0.25) is 0 Å². The SMILES string of the molecule is CC(=O)c1nc(CCl)ccc1O. The van der Waals surface area contributed by atoms with Crippen LogP contribution in [0, 0.1) is 0 Å². The lowest BCUT2D eigenvalue weighted by molar-refractivity contribution is 0.101. The first-order chi connectivity index (χ1) is 5.65. The summed E-state index contributed by atoms with van der Waals surface area (Å²) in [7, 11) is 0. The Hall–Kier alpha value is -1.09. The third-order valence-corrected chi connectivity index (χ3v) is 1.68. The first-order valence-corrected chi connectivity index (χ1v) is 3.94. The summed E-state index contributed by atoms with van der Waals surface area (Å²) < 4.78 is 0. The second-order valence-corrected chi connectivity index (χ2v) is 2.63. The van der Waals surface area contributed by atoms with Crippen molar-refractivity contribution in [3.63, 3.8) is 0 Å². The summed E-state index contributed by atoms with van der Waals surface area (Å²) in [6, 6.07) is 3.00. The molecular formula is C8H8ClNO2. The summed E-state index contributed by atoms with van der Waals surface area (Å²) in [6.45, 7) is 1.35. The van der Waals surface area contributed by atoms with Gasteiger partial charge in [0.15, 0.2) is 5.78 Å². The van der Waals surface area contributed by atoms with Crippen LogP contribution in [0.25, 0.3) is 0 Å². The zero-order chi connectivity index (χ0) is 9.14. The lowest BCUT2D eigenvalue weighted by Gasteiger charge is -2.00. The molecule has 3 nitrogen and oxygen atoms in total. The van der Waals surface area contributed by atoms with Crippen LogP contribution in [0.1, 0.15) is 23.1 Å². The van der Waals surface area contributed by atoms with Crippen LogP contribution in [0.5, 0.6) is 5.75 Å². The van der Waals surface area contributed by atoms with Crippen LogP contribution in [0.4, 0.5) is 0 Å². The first-order valence-electron chi connectivity index (χ1n) is 3.41. The van der Waals surface area contributed by atoms with Gasteiger partial charge in [-0.25, -0.2) is 4.98 Å². The minimum Gasteiger partial charge on any atom is -0.506 e. The van der Waals surface area contributed by atoms with E-state index in [2.05, 4.69) is 4.98 Å². The Morgan fingerprint density at radius 1 is 1.67 bits per heavy atom. The molecule has 0 spiro atoms. The largest absolute Gasteiger partial charge is 0.506 e. The molecule has 1 aromatic rings. The number of pyridine rings is 1. The van der Waals surface area contributed by atoms with Gasteiger partial charge in [-0.2, -0.15) is 0 Å². The minimum absolute atomic E-state index is 0.0770. The van der Waals surface area contributed by atoms with Crippen LogP contribution in [0.15, 0.2) is 12.1 Å². The summed E-state index contributed by atoms with van der Waals surface area (Å²) in [5.41, 5.74) is 0.660. The highest BCUT2D eigenvalue weighted by Crippen LogP contribution is 2.15. The number of aromatic hydroxyl groups is 1. The van der Waals surface area contributed by atoms with Gasteiger partial charge in [-0.05, 0) is 12.1 Å². The first kappa shape index (κ1) is 9.00. The van der Waals surface area contributed by atoms with Crippen LogP contribution in [-0.4, -0.2) is 15.9 Å². The van der Waals surface area contributed by atoms with Crippen molar-refractivity contribution < 1.29 is 9.90 Å². The Bertz CT molecular complexity index is 312. The van der Waals surface area contributed by atoms with Crippen LogP contribution in [0.3, 0.4) is 0 Å². The number of nitrogens with zero attached hydrogens (tertiary/aromatic N) is 1. The Labute approximate surface area is 75.0 Å². The normalized spacial score (nSPS) is 9.83. The monoisotopic (exact) mass is 185 g/mol. The number of carbonyl (C=O) groups is 1. The van der Waals surface area contributed by atoms with Crippen molar-refractivity contribution in [3.8, 4) is 5.75 Å². The van der Waals surface area contributed by atoms with E-state index in [9.17, 15) is 9.90 Å². The van der Waals surface area contributed by atoms with Gasteiger partial charge in [0.1, 0.15) is 11.4 Å². The van der Waals surface area contributed by atoms with Gasteiger partial charge in [-0.3, -0.25) is 4.79 Å². The summed E-state index contributed by atoms with van der Waals surface area (Å²) in [4.78, 5) is 14.7. The molecule has 0 unspecified atom stereocenters. The highest BCUT2D eigenvalue weighted by Gasteiger charge is 2.08. The fourth-order valence-electron chi connectivity index (χ4n) is 0.826. The van der Waals surface area contributed by atoms with E-state index in [4.69, 9.17) is 11.6 Å². The van der Waals surface area contributed by atoms with E-state index in [1.807, 2.05) is 0 Å². The van der Waals surface area contributed by atoms with Gasteiger partial charge in [0.25, 0.3) is 0 Å². The quantitative estimate of drug-likeness (QED) is 0.564. The average Bonchev–Trinajstić information content (AvgIpc) is 2.05. The summed E-state index contributed by atoms with van der Waals surface area (Å²) in [5, 5.41) is 9.17. The molecule has 0 aromatic carbocycles. The fraction of sp³-hybridized carbons (Fsp3) is 0.250. The third kappa shape index (κ3) is 1.74. The van der Waals surface area contributed by atoms with Crippen molar-refractivity contribution in [1.29, 1.82) is 0 Å². The van der Waals surface area contributed by atoms with Crippen LogP contribution >= 0.6 is 11.6 Å². The minimum atomic E-state index is -0.264. The van der Waals surface area contributed by atoms with E-state index >= 15 is 0 Å². The van der Waals surface area contributed by atoms with E-state index in [-0.39, 0.29) is 23.1 Å². The second kappa shape index (κ2) is 3.54. The lowest BCUT2D eigenvalue weighted by Crippen LogP contribution is -1.99. The molecule has 1 N–H and O–H groups in total.